The summed E-state index contributed by atoms with van der Waals surface area (Å²) in [5.41, 5.74) is 3.09. The van der Waals surface area contributed by atoms with Crippen molar-refractivity contribution in [1.82, 2.24) is 9.97 Å². The standard InChI is InChI=1S/C16H12ClN3OS/c1-10-6-7-18-8-13(10)16-20-14(9-22-16)15(21)19-12-4-2-11(17)3-5-12/h2-9H,1H3,(H,19,21). The van der Waals surface area contributed by atoms with Crippen LogP contribution in [0, 0.1) is 6.92 Å². The molecule has 0 spiro atoms. The van der Waals surface area contributed by atoms with Crippen LogP contribution in [0.2, 0.25) is 5.02 Å². The van der Waals surface area contributed by atoms with Crippen molar-refractivity contribution in [2.45, 2.75) is 6.92 Å². The third-order valence-electron chi connectivity index (χ3n) is 3.11. The van der Waals surface area contributed by atoms with Crippen LogP contribution >= 0.6 is 22.9 Å². The van der Waals surface area contributed by atoms with Gasteiger partial charge in [-0.3, -0.25) is 9.78 Å². The van der Waals surface area contributed by atoms with Gasteiger partial charge in [-0.05, 0) is 42.8 Å². The van der Waals surface area contributed by atoms with E-state index in [1.165, 1.54) is 11.3 Å². The van der Waals surface area contributed by atoms with Crippen LogP contribution in [-0.4, -0.2) is 15.9 Å². The number of aromatic nitrogens is 2. The van der Waals surface area contributed by atoms with E-state index in [1.807, 2.05) is 13.0 Å². The van der Waals surface area contributed by atoms with Crippen molar-refractivity contribution in [3.05, 3.63) is 64.4 Å². The minimum Gasteiger partial charge on any atom is -0.321 e. The highest BCUT2D eigenvalue weighted by atomic mass is 35.5. The maximum absolute atomic E-state index is 12.2. The summed E-state index contributed by atoms with van der Waals surface area (Å²) in [5, 5.41) is 5.95. The zero-order valence-electron chi connectivity index (χ0n) is 11.7. The van der Waals surface area contributed by atoms with Gasteiger partial charge in [-0.1, -0.05) is 11.6 Å². The Hall–Kier alpha value is -2.24. The first-order valence-corrected chi connectivity index (χ1v) is 7.82. The first-order chi connectivity index (χ1) is 10.6. The number of hydrogen-bond donors (Lipinski definition) is 1. The Labute approximate surface area is 136 Å². The van der Waals surface area contributed by atoms with E-state index in [9.17, 15) is 4.79 Å². The third-order valence-corrected chi connectivity index (χ3v) is 4.24. The van der Waals surface area contributed by atoms with Crippen molar-refractivity contribution >= 4 is 34.5 Å². The van der Waals surface area contributed by atoms with Crippen molar-refractivity contribution < 1.29 is 4.79 Å². The molecule has 0 aliphatic rings. The lowest BCUT2D eigenvalue weighted by Gasteiger charge is -2.03. The maximum Gasteiger partial charge on any atom is 0.275 e. The number of anilines is 1. The van der Waals surface area contributed by atoms with Crippen LogP contribution in [0.4, 0.5) is 5.69 Å². The van der Waals surface area contributed by atoms with Crippen molar-refractivity contribution in [3.63, 3.8) is 0 Å². The van der Waals surface area contributed by atoms with Gasteiger partial charge < -0.3 is 5.32 Å². The van der Waals surface area contributed by atoms with Crippen LogP contribution in [0.3, 0.4) is 0 Å². The molecule has 0 aliphatic carbocycles. The summed E-state index contributed by atoms with van der Waals surface area (Å²) in [6.45, 7) is 1.99. The van der Waals surface area contributed by atoms with Gasteiger partial charge in [0.1, 0.15) is 10.7 Å². The van der Waals surface area contributed by atoms with Gasteiger partial charge in [0, 0.05) is 34.0 Å². The highest BCUT2D eigenvalue weighted by Crippen LogP contribution is 2.26. The van der Waals surface area contributed by atoms with Gasteiger partial charge in [-0.2, -0.15) is 0 Å². The largest absolute Gasteiger partial charge is 0.321 e. The molecule has 0 atom stereocenters. The van der Waals surface area contributed by atoms with E-state index in [1.54, 1.807) is 42.0 Å². The smallest absolute Gasteiger partial charge is 0.275 e. The first-order valence-electron chi connectivity index (χ1n) is 6.57. The summed E-state index contributed by atoms with van der Waals surface area (Å²) in [5.74, 6) is -0.244. The predicted octanol–water partition coefficient (Wildman–Crippen LogP) is 4.42. The summed E-state index contributed by atoms with van der Waals surface area (Å²) in [6.07, 6.45) is 3.50. The molecular weight excluding hydrogens is 318 g/mol. The molecule has 0 saturated heterocycles. The van der Waals surface area contributed by atoms with Crippen molar-refractivity contribution in [2.24, 2.45) is 0 Å². The second-order valence-electron chi connectivity index (χ2n) is 4.69. The number of benzene rings is 1. The number of carbonyl (C=O) groups is 1. The number of amides is 1. The fourth-order valence-corrected chi connectivity index (χ4v) is 2.92. The normalized spacial score (nSPS) is 10.5. The molecule has 1 amide bonds. The van der Waals surface area contributed by atoms with Crippen LogP contribution in [0.25, 0.3) is 10.6 Å². The Morgan fingerprint density at radius 2 is 2.00 bits per heavy atom. The number of rotatable bonds is 3. The van der Waals surface area contributed by atoms with Crippen LogP contribution in [0.5, 0.6) is 0 Å². The lowest BCUT2D eigenvalue weighted by atomic mass is 10.2. The summed E-state index contributed by atoms with van der Waals surface area (Å²) >= 11 is 7.25. The van der Waals surface area contributed by atoms with Gasteiger partial charge in [0.2, 0.25) is 0 Å². The van der Waals surface area contributed by atoms with Crippen LogP contribution in [0.1, 0.15) is 16.1 Å². The van der Waals surface area contributed by atoms with Gasteiger partial charge in [-0.25, -0.2) is 4.98 Å². The second-order valence-corrected chi connectivity index (χ2v) is 5.98. The molecular formula is C16H12ClN3OS. The molecule has 3 rings (SSSR count). The number of carbonyl (C=O) groups excluding carboxylic acids is 1. The summed E-state index contributed by atoms with van der Waals surface area (Å²) in [4.78, 5) is 20.7. The third kappa shape index (κ3) is 3.16. The lowest BCUT2D eigenvalue weighted by Crippen LogP contribution is -2.12. The Morgan fingerprint density at radius 1 is 1.23 bits per heavy atom. The minimum absolute atomic E-state index is 0.244. The molecule has 0 radical (unpaired) electrons. The van der Waals surface area contributed by atoms with E-state index in [0.29, 0.717) is 16.4 Å². The van der Waals surface area contributed by atoms with Crippen LogP contribution < -0.4 is 5.32 Å². The SMILES string of the molecule is Cc1ccncc1-c1nc(C(=O)Nc2ccc(Cl)cc2)cs1. The van der Waals surface area contributed by atoms with Crippen LogP contribution in [-0.2, 0) is 0 Å². The molecule has 0 unspecified atom stereocenters. The van der Waals surface area contributed by atoms with Crippen molar-refractivity contribution in [1.29, 1.82) is 0 Å². The van der Waals surface area contributed by atoms with E-state index in [4.69, 9.17) is 11.6 Å². The second kappa shape index (κ2) is 6.25. The minimum atomic E-state index is -0.244. The predicted molar refractivity (Wildman–Crippen MR) is 89.5 cm³/mol. The monoisotopic (exact) mass is 329 g/mol. The zero-order chi connectivity index (χ0) is 15.5. The highest BCUT2D eigenvalue weighted by Gasteiger charge is 2.13. The molecule has 4 nitrogen and oxygen atoms in total. The van der Waals surface area contributed by atoms with E-state index in [2.05, 4.69) is 15.3 Å². The Balaban J connectivity index is 1.80. The molecule has 2 heterocycles. The van der Waals surface area contributed by atoms with E-state index < -0.39 is 0 Å². The lowest BCUT2D eigenvalue weighted by molar-refractivity contribution is 0.102. The fourth-order valence-electron chi connectivity index (χ4n) is 1.92. The number of nitrogens with zero attached hydrogens (tertiary/aromatic N) is 2. The van der Waals surface area contributed by atoms with Gasteiger partial charge in [0.25, 0.3) is 5.91 Å². The van der Waals surface area contributed by atoms with Gasteiger partial charge in [0.05, 0.1) is 0 Å². The molecule has 3 aromatic rings. The average molecular weight is 330 g/mol. The molecule has 1 aromatic carbocycles. The Morgan fingerprint density at radius 3 is 2.73 bits per heavy atom. The van der Waals surface area contributed by atoms with E-state index >= 15 is 0 Å². The van der Waals surface area contributed by atoms with Gasteiger partial charge in [-0.15, -0.1) is 11.3 Å². The molecule has 0 fully saturated rings. The Kier molecular flexibility index (Phi) is 4.18. The molecule has 2 aromatic heterocycles. The zero-order valence-corrected chi connectivity index (χ0v) is 13.3. The summed E-state index contributed by atoms with van der Waals surface area (Å²) < 4.78 is 0. The number of hydrogen-bond acceptors (Lipinski definition) is 4. The van der Waals surface area contributed by atoms with Gasteiger partial charge in [0.15, 0.2) is 0 Å². The summed E-state index contributed by atoms with van der Waals surface area (Å²) in [6, 6.07) is 8.87. The molecule has 0 bridgehead atoms. The quantitative estimate of drug-likeness (QED) is 0.774. The number of pyridine rings is 1. The molecule has 1 N–H and O–H groups in total. The molecule has 22 heavy (non-hydrogen) atoms. The first kappa shape index (κ1) is 14.7. The molecule has 0 aliphatic heterocycles. The van der Waals surface area contributed by atoms with Crippen molar-refractivity contribution in [3.8, 4) is 10.6 Å². The number of aryl methyl sites for hydroxylation is 1. The fraction of sp³-hybridized carbons (Fsp3) is 0.0625. The molecule has 6 heteroatoms. The Bertz CT molecular complexity index is 814. The number of thiazole rings is 1. The van der Waals surface area contributed by atoms with E-state index in [0.717, 1.165) is 16.1 Å². The number of nitrogens with one attached hydrogen (secondary N) is 1. The topological polar surface area (TPSA) is 54.9 Å². The van der Waals surface area contributed by atoms with Gasteiger partial charge >= 0.3 is 0 Å². The number of halogens is 1. The maximum atomic E-state index is 12.2. The summed E-state index contributed by atoms with van der Waals surface area (Å²) in [7, 11) is 0. The van der Waals surface area contributed by atoms with Crippen LogP contribution in [0.15, 0.2) is 48.1 Å². The van der Waals surface area contributed by atoms with E-state index in [-0.39, 0.29) is 5.91 Å². The van der Waals surface area contributed by atoms with Crippen molar-refractivity contribution in [2.75, 3.05) is 5.32 Å². The molecule has 110 valence electrons. The average Bonchev–Trinajstić information content (AvgIpc) is 3.00. The molecule has 0 saturated carbocycles. The highest BCUT2D eigenvalue weighted by molar-refractivity contribution is 7.13.